The molecule has 0 saturated carbocycles. The molecule has 4 aromatic heterocycles. The highest BCUT2D eigenvalue weighted by molar-refractivity contribution is 6.05. The number of amides is 1. The van der Waals surface area contributed by atoms with Crippen LogP contribution in [0.25, 0.3) is 22.6 Å². The number of rotatable bonds is 3. The van der Waals surface area contributed by atoms with Crippen LogP contribution in [0.5, 0.6) is 0 Å². The van der Waals surface area contributed by atoms with Crippen LogP contribution in [0, 0.1) is 24.4 Å². The summed E-state index contributed by atoms with van der Waals surface area (Å²) in [6.45, 7) is 4.98. The quantitative estimate of drug-likeness (QED) is 0.526. The molecule has 0 unspecified atom stereocenters. The molecular formula is C21H16F3N7O. The first-order valence-electron chi connectivity index (χ1n) is 9.67. The molecule has 0 saturated heterocycles. The summed E-state index contributed by atoms with van der Waals surface area (Å²) in [7, 11) is 0. The molecule has 5 rings (SSSR count). The van der Waals surface area contributed by atoms with E-state index >= 15 is 0 Å². The molecule has 8 nitrogen and oxygen atoms in total. The monoisotopic (exact) mass is 439 g/mol. The molecule has 4 aromatic rings. The van der Waals surface area contributed by atoms with E-state index in [0.717, 1.165) is 18.6 Å². The Hall–Kier alpha value is -3.89. The standard InChI is InChI=1S/C21H16F3N7O/c1-9-15-17(29-20(32)21(15,2)3)28-18(27-9)16-11-4-10(22)5-26-19(11)31(30-16)8-12-13(23)6-25-7-14(12)24/h4-7H,8H2,1-3H3,(H,27,28,29,32). The number of carbonyl (C=O) groups is 1. The van der Waals surface area contributed by atoms with Gasteiger partial charge in [-0.1, -0.05) is 0 Å². The maximum atomic E-state index is 14.2. The van der Waals surface area contributed by atoms with Gasteiger partial charge in [0.1, 0.15) is 29.0 Å². The lowest BCUT2D eigenvalue weighted by atomic mass is 9.86. The van der Waals surface area contributed by atoms with Crippen molar-refractivity contribution in [2.24, 2.45) is 0 Å². The average Bonchev–Trinajstić information content (AvgIpc) is 3.18. The first-order chi connectivity index (χ1) is 15.2. The second kappa shape index (κ2) is 6.81. The van der Waals surface area contributed by atoms with Crippen molar-refractivity contribution < 1.29 is 18.0 Å². The van der Waals surface area contributed by atoms with E-state index in [0.29, 0.717) is 17.1 Å². The molecule has 1 amide bonds. The second-order valence-electron chi connectivity index (χ2n) is 8.05. The highest BCUT2D eigenvalue weighted by Gasteiger charge is 2.41. The second-order valence-corrected chi connectivity index (χ2v) is 8.05. The molecule has 5 heterocycles. The van der Waals surface area contributed by atoms with E-state index in [1.165, 1.54) is 10.7 Å². The number of nitrogens with one attached hydrogen (secondary N) is 1. The van der Waals surface area contributed by atoms with Gasteiger partial charge in [-0.25, -0.2) is 32.8 Å². The fourth-order valence-electron chi connectivity index (χ4n) is 3.94. The van der Waals surface area contributed by atoms with Crippen LogP contribution in [0.1, 0.15) is 30.7 Å². The van der Waals surface area contributed by atoms with E-state index < -0.39 is 22.9 Å². The van der Waals surface area contributed by atoms with Gasteiger partial charge in [-0.3, -0.25) is 9.78 Å². The van der Waals surface area contributed by atoms with Crippen molar-refractivity contribution in [3.8, 4) is 11.5 Å². The summed E-state index contributed by atoms with van der Waals surface area (Å²) >= 11 is 0. The fraction of sp³-hybridized carbons (Fsp3) is 0.238. The minimum Gasteiger partial charge on any atom is -0.310 e. The van der Waals surface area contributed by atoms with Gasteiger partial charge >= 0.3 is 0 Å². The smallest absolute Gasteiger partial charge is 0.235 e. The molecule has 32 heavy (non-hydrogen) atoms. The zero-order chi connectivity index (χ0) is 22.8. The Bertz CT molecular complexity index is 1410. The zero-order valence-electron chi connectivity index (χ0n) is 17.2. The predicted octanol–water partition coefficient (Wildman–Crippen LogP) is 3.29. The van der Waals surface area contributed by atoms with Crippen LogP contribution in [0.15, 0.2) is 24.7 Å². The number of halogens is 3. The lowest BCUT2D eigenvalue weighted by Gasteiger charge is -2.16. The van der Waals surface area contributed by atoms with E-state index in [1.54, 1.807) is 20.8 Å². The maximum Gasteiger partial charge on any atom is 0.235 e. The molecule has 11 heteroatoms. The highest BCUT2D eigenvalue weighted by atomic mass is 19.1. The molecule has 0 fully saturated rings. The topological polar surface area (TPSA) is 98.5 Å². The van der Waals surface area contributed by atoms with Gasteiger partial charge in [-0.2, -0.15) is 5.10 Å². The maximum absolute atomic E-state index is 14.2. The summed E-state index contributed by atoms with van der Waals surface area (Å²) in [4.78, 5) is 28.8. The van der Waals surface area contributed by atoms with E-state index in [4.69, 9.17) is 0 Å². The summed E-state index contributed by atoms with van der Waals surface area (Å²) in [6, 6.07) is 1.20. The summed E-state index contributed by atoms with van der Waals surface area (Å²) in [5, 5.41) is 7.40. The van der Waals surface area contributed by atoms with Gasteiger partial charge in [0.25, 0.3) is 0 Å². The van der Waals surface area contributed by atoms with Crippen LogP contribution in [0.4, 0.5) is 19.0 Å². The fourth-order valence-corrected chi connectivity index (χ4v) is 3.94. The van der Waals surface area contributed by atoms with Crippen LogP contribution in [0.3, 0.4) is 0 Å². The number of aryl methyl sites for hydroxylation is 1. The Kier molecular flexibility index (Phi) is 4.26. The number of hydrogen-bond donors (Lipinski definition) is 1. The zero-order valence-corrected chi connectivity index (χ0v) is 17.2. The van der Waals surface area contributed by atoms with Crippen LogP contribution in [0.2, 0.25) is 0 Å². The largest absolute Gasteiger partial charge is 0.310 e. The van der Waals surface area contributed by atoms with Crippen molar-refractivity contribution in [3.63, 3.8) is 0 Å². The average molecular weight is 439 g/mol. The van der Waals surface area contributed by atoms with Crippen molar-refractivity contribution in [3.05, 3.63) is 58.9 Å². The Labute approximate surface area is 179 Å². The SMILES string of the molecule is Cc1nc(-c2nn(Cc3c(F)cncc3F)c3ncc(F)cc23)nc2c1C(C)(C)C(=O)N2. The van der Waals surface area contributed by atoms with Gasteiger partial charge < -0.3 is 5.32 Å². The summed E-state index contributed by atoms with van der Waals surface area (Å²) in [5.41, 5.74) is 0.535. The van der Waals surface area contributed by atoms with Crippen LogP contribution in [-0.2, 0) is 16.8 Å². The number of nitrogens with zero attached hydrogens (tertiary/aromatic N) is 6. The summed E-state index contributed by atoms with van der Waals surface area (Å²) in [5.74, 6) is -2.04. The van der Waals surface area contributed by atoms with Crippen molar-refractivity contribution in [1.29, 1.82) is 0 Å². The van der Waals surface area contributed by atoms with Crippen molar-refractivity contribution in [2.75, 3.05) is 5.32 Å². The molecule has 0 radical (unpaired) electrons. The molecule has 162 valence electrons. The van der Waals surface area contributed by atoms with Crippen molar-refractivity contribution in [1.82, 2.24) is 29.7 Å². The highest BCUT2D eigenvalue weighted by Crippen LogP contribution is 2.39. The Balaban J connectivity index is 1.70. The first-order valence-corrected chi connectivity index (χ1v) is 9.67. The van der Waals surface area contributed by atoms with Gasteiger partial charge in [0.05, 0.1) is 35.9 Å². The third-order valence-corrected chi connectivity index (χ3v) is 5.54. The Morgan fingerprint density at radius 1 is 1.09 bits per heavy atom. The summed E-state index contributed by atoms with van der Waals surface area (Å²) in [6.07, 6.45) is 2.78. The van der Waals surface area contributed by atoms with E-state index in [-0.39, 0.29) is 40.6 Å². The number of aromatic nitrogens is 6. The molecule has 0 aromatic carbocycles. The predicted molar refractivity (Wildman–Crippen MR) is 108 cm³/mol. The van der Waals surface area contributed by atoms with Gasteiger partial charge in [0.15, 0.2) is 11.5 Å². The lowest BCUT2D eigenvalue weighted by molar-refractivity contribution is -0.119. The van der Waals surface area contributed by atoms with Gasteiger partial charge in [0.2, 0.25) is 5.91 Å². The molecule has 1 aliphatic heterocycles. The van der Waals surface area contributed by atoms with Gasteiger partial charge in [-0.15, -0.1) is 0 Å². The minimum absolute atomic E-state index is 0.131. The van der Waals surface area contributed by atoms with E-state index in [1.807, 2.05) is 0 Å². The Morgan fingerprint density at radius 3 is 2.53 bits per heavy atom. The number of fused-ring (bicyclic) bond motifs is 2. The minimum atomic E-state index is -0.841. The number of carbonyl (C=O) groups excluding carboxylic acids is 1. The summed E-state index contributed by atoms with van der Waals surface area (Å²) < 4.78 is 43.6. The lowest BCUT2D eigenvalue weighted by Crippen LogP contribution is -2.27. The van der Waals surface area contributed by atoms with E-state index in [9.17, 15) is 18.0 Å². The van der Waals surface area contributed by atoms with Crippen LogP contribution in [-0.4, -0.2) is 35.6 Å². The van der Waals surface area contributed by atoms with E-state index in [2.05, 4.69) is 30.4 Å². The first kappa shape index (κ1) is 20.0. The van der Waals surface area contributed by atoms with Crippen LogP contribution < -0.4 is 5.32 Å². The number of hydrogen-bond acceptors (Lipinski definition) is 6. The molecule has 0 atom stereocenters. The molecule has 1 aliphatic rings. The normalized spacial score (nSPS) is 14.6. The molecule has 0 aliphatic carbocycles. The Morgan fingerprint density at radius 2 is 1.81 bits per heavy atom. The molecule has 0 bridgehead atoms. The third-order valence-electron chi connectivity index (χ3n) is 5.54. The van der Waals surface area contributed by atoms with Gasteiger partial charge in [-0.05, 0) is 26.8 Å². The van der Waals surface area contributed by atoms with Crippen LogP contribution >= 0.6 is 0 Å². The van der Waals surface area contributed by atoms with Crippen molar-refractivity contribution in [2.45, 2.75) is 32.7 Å². The molecular weight excluding hydrogens is 423 g/mol. The number of pyridine rings is 2. The molecule has 0 spiro atoms. The third kappa shape index (κ3) is 2.92. The van der Waals surface area contributed by atoms with Gasteiger partial charge in [0, 0.05) is 16.8 Å². The van der Waals surface area contributed by atoms with Crippen molar-refractivity contribution >= 4 is 22.8 Å². The number of anilines is 1. The molecule has 1 N–H and O–H groups in total.